The predicted molar refractivity (Wildman–Crippen MR) is 125 cm³/mol. The normalized spacial score (nSPS) is 10.8. The summed E-state index contributed by atoms with van der Waals surface area (Å²) in [5, 5.41) is 19.1. The Hall–Kier alpha value is -4.22. The highest BCUT2D eigenvalue weighted by molar-refractivity contribution is 6.31. The Bertz CT molecular complexity index is 1540. The molecule has 0 radical (unpaired) electrons. The standard InChI is InChI=1S/C25H17ClFN3O4/c1-14-29-21-12-19(27)10-17(13-28)23(21)24(31)30(14)7-8-34-22-6-5-18(26)11-20(22)15-3-2-4-16(9-15)25(32)33/h2-6,9-12H,7-8H2,1H3,(H,32,33). The fourth-order valence-corrected chi connectivity index (χ4v) is 3.87. The van der Waals surface area contributed by atoms with Crippen molar-refractivity contribution in [3.05, 3.63) is 92.7 Å². The van der Waals surface area contributed by atoms with Gasteiger partial charge in [-0.05, 0) is 48.9 Å². The number of aromatic nitrogens is 2. The van der Waals surface area contributed by atoms with Crippen LogP contribution >= 0.6 is 11.6 Å². The summed E-state index contributed by atoms with van der Waals surface area (Å²) in [6.07, 6.45) is 0. The van der Waals surface area contributed by atoms with Crippen LogP contribution in [0, 0.1) is 24.1 Å². The lowest BCUT2D eigenvalue weighted by atomic mass is 10.0. The number of nitrogens with zero attached hydrogens (tertiary/aromatic N) is 3. The Morgan fingerprint density at radius 2 is 2.03 bits per heavy atom. The van der Waals surface area contributed by atoms with Crippen molar-refractivity contribution in [2.45, 2.75) is 13.5 Å². The van der Waals surface area contributed by atoms with Crippen LogP contribution in [0.2, 0.25) is 5.02 Å². The highest BCUT2D eigenvalue weighted by Crippen LogP contribution is 2.33. The van der Waals surface area contributed by atoms with Gasteiger partial charge in [-0.25, -0.2) is 14.2 Å². The molecule has 0 bridgehead atoms. The number of halogens is 2. The molecule has 0 amide bonds. The second kappa shape index (κ2) is 9.33. The molecule has 0 saturated carbocycles. The number of aromatic carboxylic acids is 1. The second-order valence-corrected chi connectivity index (χ2v) is 7.89. The van der Waals surface area contributed by atoms with Crippen molar-refractivity contribution in [1.29, 1.82) is 5.26 Å². The Labute approximate surface area is 198 Å². The van der Waals surface area contributed by atoms with E-state index in [9.17, 15) is 24.3 Å². The van der Waals surface area contributed by atoms with Gasteiger partial charge in [-0.3, -0.25) is 9.36 Å². The molecule has 0 aliphatic carbocycles. The molecule has 0 atom stereocenters. The molecule has 0 aliphatic rings. The number of hydrogen-bond acceptors (Lipinski definition) is 5. The van der Waals surface area contributed by atoms with Gasteiger partial charge in [-0.1, -0.05) is 23.7 Å². The number of rotatable bonds is 6. The molecule has 0 unspecified atom stereocenters. The number of fused-ring (bicyclic) bond motifs is 1. The molecule has 1 aromatic heterocycles. The number of aryl methyl sites for hydroxylation is 1. The van der Waals surface area contributed by atoms with E-state index in [2.05, 4.69) is 4.98 Å². The lowest BCUT2D eigenvalue weighted by Crippen LogP contribution is -2.27. The molecule has 0 fully saturated rings. The minimum Gasteiger partial charge on any atom is -0.491 e. The van der Waals surface area contributed by atoms with E-state index in [0.717, 1.165) is 12.1 Å². The van der Waals surface area contributed by atoms with Crippen molar-refractivity contribution in [1.82, 2.24) is 9.55 Å². The van der Waals surface area contributed by atoms with Gasteiger partial charge in [-0.2, -0.15) is 5.26 Å². The molecule has 34 heavy (non-hydrogen) atoms. The highest BCUT2D eigenvalue weighted by Gasteiger charge is 2.15. The molecular formula is C25H17ClFN3O4. The third kappa shape index (κ3) is 4.47. The van der Waals surface area contributed by atoms with E-state index in [1.807, 2.05) is 6.07 Å². The van der Waals surface area contributed by atoms with Gasteiger partial charge in [0.1, 0.15) is 30.1 Å². The molecule has 3 aromatic carbocycles. The predicted octanol–water partition coefficient (Wildman–Crippen LogP) is 4.81. The maximum atomic E-state index is 13.8. The van der Waals surface area contributed by atoms with Gasteiger partial charge in [0.15, 0.2) is 0 Å². The van der Waals surface area contributed by atoms with E-state index in [1.165, 1.54) is 16.7 Å². The van der Waals surface area contributed by atoms with E-state index >= 15 is 0 Å². The SMILES string of the molecule is Cc1nc2cc(F)cc(C#N)c2c(=O)n1CCOc1ccc(Cl)cc1-c1cccc(C(=O)O)c1. The van der Waals surface area contributed by atoms with Crippen LogP contribution in [-0.4, -0.2) is 27.2 Å². The molecule has 7 nitrogen and oxygen atoms in total. The van der Waals surface area contributed by atoms with Crippen molar-refractivity contribution >= 4 is 28.5 Å². The minimum absolute atomic E-state index is 0.0483. The lowest BCUT2D eigenvalue weighted by molar-refractivity contribution is 0.0697. The zero-order valence-electron chi connectivity index (χ0n) is 17.9. The van der Waals surface area contributed by atoms with Crippen LogP contribution in [0.25, 0.3) is 22.0 Å². The van der Waals surface area contributed by atoms with Gasteiger partial charge >= 0.3 is 5.97 Å². The summed E-state index contributed by atoms with van der Waals surface area (Å²) < 4.78 is 21.0. The molecule has 0 spiro atoms. The minimum atomic E-state index is -1.05. The van der Waals surface area contributed by atoms with Gasteiger partial charge in [0, 0.05) is 16.7 Å². The molecule has 1 N–H and O–H groups in total. The zero-order valence-corrected chi connectivity index (χ0v) is 18.6. The number of carbonyl (C=O) groups is 1. The maximum Gasteiger partial charge on any atom is 0.335 e. The van der Waals surface area contributed by atoms with Crippen molar-refractivity contribution < 1.29 is 19.0 Å². The Morgan fingerprint density at radius 1 is 1.24 bits per heavy atom. The molecule has 0 saturated heterocycles. The summed E-state index contributed by atoms with van der Waals surface area (Å²) in [7, 11) is 0. The van der Waals surface area contributed by atoms with E-state index < -0.39 is 17.3 Å². The molecule has 1 heterocycles. The first-order chi connectivity index (χ1) is 16.3. The Balaban J connectivity index is 1.65. The van der Waals surface area contributed by atoms with E-state index in [1.54, 1.807) is 37.3 Å². The van der Waals surface area contributed by atoms with Crippen LogP contribution in [-0.2, 0) is 6.54 Å². The molecule has 9 heteroatoms. The summed E-state index contributed by atoms with van der Waals surface area (Å²) in [6, 6.07) is 15.3. The van der Waals surface area contributed by atoms with Crippen LogP contribution < -0.4 is 10.3 Å². The average molecular weight is 478 g/mol. The maximum absolute atomic E-state index is 13.8. The first-order valence-electron chi connectivity index (χ1n) is 10.2. The van der Waals surface area contributed by atoms with E-state index in [4.69, 9.17) is 16.3 Å². The summed E-state index contributed by atoms with van der Waals surface area (Å²) >= 11 is 6.16. The number of hydrogen-bond donors (Lipinski definition) is 1. The third-order valence-electron chi connectivity index (χ3n) is 5.27. The first kappa shape index (κ1) is 23.0. The number of nitriles is 1. The quantitative estimate of drug-likeness (QED) is 0.427. The number of carboxylic acids is 1. The van der Waals surface area contributed by atoms with Crippen LogP contribution in [0.4, 0.5) is 4.39 Å². The van der Waals surface area contributed by atoms with E-state index in [0.29, 0.717) is 27.7 Å². The molecule has 0 aliphatic heterocycles. The van der Waals surface area contributed by atoms with Crippen LogP contribution in [0.3, 0.4) is 0 Å². The van der Waals surface area contributed by atoms with Gasteiger partial charge in [0.25, 0.3) is 5.56 Å². The average Bonchev–Trinajstić information content (AvgIpc) is 2.81. The van der Waals surface area contributed by atoms with Gasteiger partial charge in [-0.15, -0.1) is 0 Å². The van der Waals surface area contributed by atoms with Crippen LogP contribution in [0.5, 0.6) is 5.75 Å². The van der Waals surface area contributed by atoms with Crippen molar-refractivity contribution in [3.63, 3.8) is 0 Å². The largest absolute Gasteiger partial charge is 0.491 e. The fraction of sp³-hybridized carbons (Fsp3) is 0.120. The van der Waals surface area contributed by atoms with E-state index in [-0.39, 0.29) is 35.2 Å². The zero-order chi connectivity index (χ0) is 24.4. The van der Waals surface area contributed by atoms with Crippen LogP contribution in [0.1, 0.15) is 21.7 Å². The second-order valence-electron chi connectivity index (χ2n) is 7.45. The topological polar surface area (TPSA) is 105 Å². The third-order valence-corrected chi connectivity index (χ3v) is 5.50. The number of carboxylic acid groups (broad SMARTS) is 1. The monoisotopic (exact) mass is 477 g/mol. The first-order valence-corrected chi connectivity index (χ1v) is 10.5. The lowest BCUT2D eigenvalue weighted by Gasteiger charge is -2.15. The Morgan fingerprint density at radius 3 is 2.76 bits per heavy atom. The molecular weight excluding hydrogens is 461 g/mol. The smallest absolute Gasteiger partial charge is 0.335 e. The molecule has 170 valence electrons. The highest BCUT2D eigenvalue weighted by atomic mass is 35.5. The number of ether oxygens (including phenoxy) is 1. The van der Waals surface area contributed by atoms with Crippen LogP contribution in [0.15, 0.2) is 59.4 Å². The molecule has 4 rings (SSSR count). The van der Waals surface area contributed by atoms with Crippen molar-refractivity contribution in [2.75, 3.05) is 6.61 Å². The summed E-state index contributed by atoms with van der Waals surface area (Å²) in [5.41, 5.74) is 0.901. The van der Waals surface area contributed by atoms with Gasteiger partial charge in [0.2, 0.25) is 0 Å². The summed E-state index contributed by atoms with van der Waals surface area (Å²) in [6.45, 7) is 1.81. The summed E-state index contributed by atoms with van der Waals surface area (Å²) in [5.74, 6) is -0.896. The fourth-order valence-electron chi connectivity index (χ4n) is 3.69. The number of benzene rings is 3. The van der Waals surface area contributed by atoms with Crippen molar-refractivity contribution in [3.8, 4) is 22.9 Å². The van der Waals surface area contributed by atoms with Gasteiger partial charge < -0.3 is 9.84 Å². The van der Waals surface area contributed by atoms with Gasteiger partial charge in [0.05, 0.1) is 28.6 Å². The Kier molecular flexibility index (Phi) is 6.30. The summed E-state index contributed by atoms with van der Waals surface area (Å²) in [4.78, 5) is 28.7. The van der Waals surface area contributed by atoms with Crippen molar-refractivity contribution in [2.24, 2.45) is 0 Å². The molecule has 4 aromatic rings.